The van der Waals surface area contributed by atoms with Crippen molar-refractivity contribution in [3.63, 3.8) is 0 Å². The zero-order chi connectivity index (χ0) is 30.6. The average Bonchev–Trinajstić information content (AvgIpc) is 3.07. The number of benzene rings is 4. The molecule has 232 valence electrons. The molecule has 0 aromatic heterocycles. The summed E-state index contributed by atoms with van der Waals surface area (Å²) < 4.78 is 33.7. The summed E-state index contributed by atoms with van der Waals surface area (Å²) in [7, 11) is 0. The molecular weight excluding hydrogens is 548 g/mol. The molecule has 0 amide bonds. The van der Waals surface area contributed by atoms with E-state index in [4.69, 9.17) is 23.7 Å². The van der Waals surface area contributed by atoms with Crippen LogP contribution in [0.2, 0.25) is 0 Å². The second-order valence-corrected chi connectivity index (χ2v) is 12.0. The van der Waals surface area contributed by atoms with Gasteiger partial charge >= 0.3 is 0 Å². The molecule has 4 aromatic carbocycles. The van der Waals surface area contributed by atoms with Crippen molar-refractivity contribution in [3.05, 3.63) is 144 Å². The van der Waals surface area contributed by atoms with E-state index in [1.807, 2.05) is 72.8 Å². The Hall–Kier alpha value is -3.32. The zero-order valence-corrected chi connectivity index (χ0v) is 26.2. The van der Waals surface area contributed by atoms with E-state index in [0.717, 1.165) is 22.3 Å². The second-order valence-electron chi connectivity index (χ2n) is 12.0. The van der Waals surface area contributed by atoms with Crippen LogP contribution >= 0.6 is 0 Å². The van der Waals surface area contributed by atoms with Crippen molar-refractivity contribution in [2.45, 2.75) is 77.7 Å². The molecule has 0 radical (unpaired) electrons. The third kappa shape index (κ3) is 9.10. The highest BCUT2D eigenvalue weighted by Gasteiger charge is 2.50. The molecule has 6 atom stereocenters. The molecule has 0 N–H and O–H groups in total. The molecule has 0 bridgehead atoms. The van der Waals surface area contributed by atoms with Crippen molar-refractivity contribution >= 4 is 0 Å². The lowest BCUT2D eigenvalue weighted by atomic mass is 9.83. The minimum atomic E-state index is -0.411. The zero-order valence-electron chi connectivity index (χ0n) is 26.2. The largest absolute Gasteiger partial charge is 0.374 e. The van der Waals surface area contributed by atoms with Gasteiger partial charge in [-0.25, -0.2) is 0 Å². The van der Waals surface area contributed by atoms with Gasteiger partial charge in [-0.2, -0.15) is 0 Å². The van der Waals surface area contributed by atoms with E-state index in [1.54, 1.807) is 0 Å². The lowest BCUT2D eigenvalue weighted by molar-refractivity contribution is -0.282. The number of hydrogen-bond donors (Lipinski definition) is 0. The Bertz CT molecular complexity index is 1330. The van der Waals surface area contributed by atoms with E-state index < -0.39 is 6.10 Å². The van der Waals surface area contributed by atoms with Gasteiger partial charge in [0.05, 0.1) is 39.1 Å². The SMILES string of the molecule is CC(C)C(C)C1OC(COCc2ccccc2)C(OCc2ccccc2)C(OCc2ccccc2)C1OCc1ccccc1. The molecule has 1 aliphatic heterocycles. The van der Waals surface area contributed by atoms with Gasteiger partial charge in [0.2, 0.25) is 0 Å². The molecule has 0 aliphatic carbocycles. The molecule has 5 heteroatoms. The highest BCUT2D eigenvalue weighted by atomic mass is 16.6. The minimum Gasteiger partial charge on any atom is -0.374 e. The maximum atomic E-state index is 6.98. The predicted molar refractivity (Wildman–Crippen MR) is 174 cm³/mol. The standard InChI is InChI=1S/C39H46O5/c1-29(2)30(3)36-38(42-26-33-20-12-6-13-21-33)39(43-27-34-22-14-7-15-23-34)37(41-25-32-18-10-5-11-19-32)35(44-36)28-40-24-31-16-8-4-9-17-31/h4-23,29-30,35-39H,24-28H2,1-3H3. The molecule has 6 unspecified atom stereocenters. The van der Waals surface area contributed by atoms with Gasteiger partial charge in [-0.05, 0) is 34.1 Å². The Kier molecular flexibility index (Phi) is 12.2. The molecule has 0 spiro atoms. The smallest absolute Gasteiger partial charge is 0.115 e. The summed E-state index contributed by atoms with van der Waals surface area (Å²) in [4.78, 5) is 0. The van der Waals surface area contributed by atoms with Crippen molar-refractivity contribution in [1.82, 2.24) is 0 Å². The predicted octanol–water partition coefficient (Wildman–Crippen LogP) is 8.02. The molecule has 1 heterocycles. The first-order valence-corrected chi connectivity index (χ1v) is 15.8. The van der Waals surface area contributed by atoms with E-state index in [9.17, 15) is 0 Å². The number of rotatable bonds is 15. The van der Waals surface area contributed by atoms with Gasteiger partial charge in [0.25, 0.3) is 0 Å². The molecule has 5 rings (SSSR count). The Morgan fingerprint density at radius 1 is 0.500 bits per heavy atom. The van der Waals surface area contributed by atoms with Crippen LogP contribution in [-0.2, 0) is 50.1 Å². The van der Waals surface area contributed by atoms with Crippen LogP contribution in [0.25, 0.3) is 0 Å². The van der Waals surface area contributed by atoms with Crippen molar-refractivity contribution < 1.29 is 23.7 Å². The summed E-state index contributed by atoms with van der Waals surface area (Å²) in [5, 5.41) is 0. The second kappa shape index (κ2) is 16.7. The van der Waals surface area contributed by atoms with Crippen molar-refractivity contribution in [2.75, 3.05) is 6.61 Å². The van der Waals surface area contributed by atoms with Gasteiger partial charge in [0.1, 0.15) is 24.4 Å². The monoisotopic (exact) mass is 594 g/mol. The summed E-state index contributed by atoms with van der Waals surface area (Å²) in [5.74, 6) is 0.593. The molecule has 4 aromatic rings. The molecule has 0 saturated carbocycles. The van der Waals surface area contributed by atoms with Crippen LogP contribution in [0.4, 0.5) is 0 Å². The summed E-state index contributed by atoms with van der Waals surface area (Å²) in [5.41, 5.74) is 4.43. The highest BCUT2D eigenvalue weighted by molar-refractivity contribution is 5.16. The quantitative estimate of drug-likeness (QED) is 0.140. The summed E-state index contributed by atoms with van der Waals surface area (Å²) in [6.07, 6.45) is -1.69. The number of hydrogen-bond acceptors (Lipinski definition) is 5. The Labute approximate surface area is 263 Å². The highest BCUT2D eigenvalue weighted by Crippen LogP contribution is 2.36. The van der Waals surface area contributed by atoms with Crippen LogP contribution in [0, 0.1) is 11.8 Å². The fourth-order valence-corrected chi connectivity index (χ4v) is 5.63. The van der Waals surface area contributed by atoms with E-state index >= 15 is 0 Å². The van der Waals surface area contributed by atoms with E-state index in [1.165, 1.54) is 0 Å². The first-order valence-electron chi connectivity index (χ1n) is 15.8. The molecule has 1 fully saturated rings. The Balaban J connectivity index is 1.45. The topological polar surface area (TPSA) is 46.2 Å². The van der Waals surface area contributed by atoms with Crippen LogP contribution < -0.4 is 0 Å². The van der Waals surface area contributed by atoms with E-state index in [0.29, 0.717) is 39.0 Å². The lowest BCUT2D eigenvalue weighted by Gasteiger charge is -2.48. The fraction of sp³-hybridized carbons (Fsp3) is 0.385. The van der Waals surface area contributed by atoms with Gasteiger partial charge in [0.15, 0.2) is 0 Å². The van der Waals surface area contributed by atoms with Crippen molar-refractivity contribution in [2.24, 2.45) is 11.8 Å². The first-order chi connectivity index (χ1) is 21.6. The minimum absolute atomic E-state index is 0.207. The number of ether oxygens (including phenoxy) is 5. The summed E-state index contributed by atoms with van der Waals surface area (Å²) in [6, 6.07) is 41.1. The molecular formula is C39H46O5. The Morgan fingerprint density at radius 3 is 1.32 bits per heavy atom. The van der Waals surface area contributed by atoms with Crippen LogP contribution in [0.3, 0.4) is 0 Å². The molecule has 1 aliphatic rings. The van der Waals surface area contributed by atoms with Gasteiger partial charge in [-0.1, -0.05) is 142 Å². The normalized spacial score (nSPS) is 22.6. The van der Waals surface area contributed by atoms with Crippen LogP contribution in [-0.4, -0.2) is 37.1 Å². The molecule has 44 heavy (non-hydrogen) atoms. The van der Waals surface area contributed by atoms with Gasteiger partial charge in [0, 0.05) is 0 Å². The third-order valence-electron chi connectivity index (χ3n) is 8.49. The summed E-state index contributed by atoms with van der Waals surface area (Å²) >= 11 is 0. The van der Waals surface area contributed by atoms with Crippen molar-refractivity contribution in [1.29, 1.82) is 0 Å². The van der Waals surface area contributed by atoms with Crippen LogP contribution in [0.1, 0.15) is 43.0 Å². The fourth-order valence-electron chi connectivity index (χ4n) is 5.63. The first kappa shape index (κ1) is 32.1. The van der Waals surface area contributed by atoms with E-state index in [2.05, 4.69) is 69.3 Å². The lowest BCUT2D eigenvalue weighted by Crippen LogP contribution is -2.63. The van der Waals surface area contributed by atoms with Gasteiger partial charge < -0.3 is 23.7 Å². The summed E-state index contributed by atoms with van der Waals surface area (Å²) in [6.45, 7) is 8.94. The molecule has 5 nitrogen and oxygen atoms in total. The maximum Gasteiger partial charge on any atom is 0.115 e. The maximum absolute atomic E-state index is 6.98. The van der Waals surface area contributed by atoms with Crippen molar-refractivity contribution in [3.8, 4) is 0 Å². The third-order valence-corrected chi connectivity index (χ3v) is 8.49. The average molecular weight is 595 g/mol. The van der Waals surface area contributed by atoms with Gasteiger partial charge in [-0.3, -0.25) is 0 Å². The van der Waals surface area contributed by atoms with Gasteiger partial charge in [-0.15, -0.1) is 0 Å². The van der Waals surface area contributed by atoms with Crippen LogP contribution in [0.5, 0.6) is 0 Å². The Morgan fingerprint density at radius 2 is 0.886 bits per heavy atom. The van der Waals surface area contributed by atoms with Crippen LogP contribution in [0.15, 0.2) is 121 Å². The molecule has 1 saturated heterocycles. The van der Waals surface area contributed by atoms with E-state index in [-0.39, 0.29) is 30.3 Å².